The van der Waals surface area contributed by atoms with Gasteiger partial charge in [-0.3, -0.25) is 4.90 Å². The van der Waals surface area contributed by atoms with Crippen molar-refractivity contribution in [1.82, 2.24) is 10.2 Å². The molecule has 0 aromatic heterocycles. The zero-order chi connectivity index (χ0) is 19.6. The van der Waals surface area contributed by atoms with Gasteiger partial charge in [0.2, 0.25) is 0 Å². The van der Waals surface area contributed by atoms with Gasteiger partial charge in [-0.1, -0.05) is 36.4 Å². The Hall–Kier alpha value is -2.53. The van der Waals surface area contributed by atoms with Crippen molar-refractivity contribution in [2.75, 3.05) is 42.9 Å². The van der Waals surface area contributed by atoms with E-state index in [0.29, 0.717) is 6.04 Å². The first-order chi connectivity index (χ1) is 14.3. The number of piperidine rings is 3. The van der Waals surface area contributed by atoms with Gasteiger partial charge in [-0.15, -0.1) is 0 Å². The van der Waals surface area contributed by atoms with Crippen LogP contribution in [0.5, 0.6) is 0 Å². The Labute approximate surface area is 173 Å². The van der Waals surface area contributed by atoms with Gasteiger partial charge >= 0.3 is 6.03 Å². The molecule has 0 radical (unpaired) electrons. The second-order valence-electron chi connectivity index (χ2n) is 8.72. The predicted molar refractivity (Wildman–Crippen MR) is 117 cm³/mol. The van der Waals surface area contributed by atoms with Crippen LogP contribution < -0.4 is 15.5 Å². The third-order valence-electron chi connectivity index (χ3n) is 6.98. The Morgan fingerprint density at radius 3 is 2.69 bits per heavy atom. The second kappa shape index (κ2) is 8.07. The second-order valence-corrected chi connectivity index (χ2v) is 8.72. The summed E-state index contributed by atoms with van der Waals surface area (Å²) >= 11 is 0. The lowest BCUT2D eigenvalue weighted by Gasteiger charge is -2.50. The third-order valence-corrected chi connectivity index (χ3v) is 6.98. The van der Waals surface area contributed by atoms with Crippen LogP contribution in [0.15, 0.2) is 54.6 Å². The van der Waals surface area contributed by atoms with Gasteiger partial charge in [0.05, 0.1) is 0 Å². The molecule has 3 saturated heterocycles. The smallest absolute Gasteiger partial charge is 0.319 e. The maximum atomic E-state index is 12.2. The van der Waals surface area contributed by atoms with Gasteiger partial charge in [-0.25, -0.2) is 4.79 Å². The van der Waals surface area contributed by atoms with Crippen molar-refractivity contribution in [1.29, 1.82) is 0 Å². The van der Waals surface area contributed by atoms with Crippen LogP contribution >= 0.6 is 0 Å². The largest absolute Gasteiger partial charge is 0.371 e. The predicted octanol–water partition coefficient (Wildman–Crippen LogP) is 3.58. The lowest BCUT2D eigenvalue weighted by molar-refractivity contribution is 0.00590. The van der Waals surface area contributed by atoms with Crippen LogP contribution in [0.4, 0.5) is 16.2 Å². The fraction of sp³-hybridized carbons (Fsp3) is 0.458. The average molecular weight is 391 g/mol. The van der Waals surface area contributed by atoms with Crippen LogP contribution in [0.25, 0.3) is 0 Å². The number of nitrogens with one attached hydrogen (secondary N) is 2. The molecule has 29 heavy (non-hydrogen) atoms. The first-order valence-corrected chi connectivity index (χ1v) is 10.9. The van der Waals surface area contributed by atoms with Crippen molar-refractivity contribution < 1.29 is 4.79 Å². The summed E-state index contributed by atoms with van der Waals surface area (Å²) in [6, 6.07) is 18.9. The summed E-state index contributed by atoms with van der Waals surface area (Å²) in [6.07, 6.45) is 3.68. The van der Waals surface area contributed by atoms with Gasteiger partial charge in [0.15, 0.2) is 0 Å². The lowest BCUT2D eigenvalue weighted by Crippen LogP contribution is -2.58. The number of rotatable bonds is 5. The molecule has 6 rings (SSSR count). The van der Waals surface area contributed by atoms with E-state index in [-0.39, 0.29) is 6.03 Å². The van der Waals surface area contributed by atoms with E-state index in [1.807, 2.05) is 30.3 Å². The van der Waals surface area contributed by atoms with E-state index in [1.54, 1.807) is 0 Å². The lowest BCUT2D eigenvalue weighted by atomic mass is 9.75. The fourth-order valence-electron chi connectivity index (χ4n) is 5.46. The number of amides is 2. The summed E-state index contributed by atoms with van der Waals surface area (Å²) in [5.41, 5.74) is 3.78. The number of fused-ring (bicyclic) bond motifs is 4. The van der Waals surface area contributed by atoms with Crippen LogP contribution in [0.3, 0.4) is 0 Å². The van der Waals surface area contributed by atoms with Gasteiger partial charge in [-0.05, 0) is 61.4 Å². The number of nitrogens with zero attached hydrogens (tertiary/aromatic N) is 2. The zero-order valence-corrected chi connectivity index (χ0v) is 16.9. The van der Waals surface area contributed by atoms with Gasteiger partial charge in [-0.2, -0.15) is 0 Å². The van der Waals surface area contributed by atoms with E-state index in [4.69, 9.17) is 0 Å². The molecule has 4 aliphatic rings. The highest BCUT2D eigenvalue weighted by Gasteiger charge is 2.41. The highest BCUT2D eigenvalue weighted by molar-refractivity contribution is 5.89. The fourth-order valence-corrected chi connectivity index (χ4v) is 5.46. The van der Waals surface area contributed by atoms with Gasteiger partial charge < -0.3 is 15.5 Å². The highest BCUT2D eigenvalue weighted by Crippen LogP contribution is 2.38. The number of hydrogen-bond acceptors (Lipinski definition) is 3. The first-order valence-electron chi connectivity index (χ1n) is 10.9. The van der Waals surface area contributed by atoms with Crippen LogP contribution in [-0.4, -0.2) is 49.7 Å². The molecule has 4 aliphatic heterocycles. The Bertz CT molecular complexity index is 855. The summed E-state index contributed by atoms with van der Waals surface area (Å²) in [4.78, 5) is 17.4. The maximum absolute atomic E-state index is 12.2. The number of carbonyl (C=O) groups is 1. The van der Waals surface area contributed by atoms with Crippen molar-refractivity contribution in [3.63, 3.8) is 0 Å². The van der Waals surface area contributed by atoms with Crippen molar-refractivity contribution in [2.45, 2.75) is 25.3 Å². The molecule has 0 aliphatic carbocycles. The van der Waals surface area contributed by atoms with E-state index in [9.17, 15) is 4.79 Å². The number of benzene rings is 2. The molecule has 152 valence electrons. The first kappa shape index (κ1) is 18.5. The zero-order valence-electron chi connectivity index (χ0n) is 16.9. The molecule has 2 bridgehead atoms. The molecule has 2 aromatic carbocycles. The molecule has 2 amide bonds. The normalized spacial score (nSPS) is 27.5. The van der Waals surface area contributed by atoms with Crippen molar-refractivity contribution >= 4 is 17.4 Å². The van der Waals surface area contributed by atoms with E-state index in [0.717, 1.165) is 37.2 Å². The van der Waals surface area contributed by atoms with Crippen molar-refractivity contribution in [3.8, 4) is 0 Å². The molecule has 3 fully saturated rings. The summed E-state index contributed by atoms with van der Waals surface area (Å²) < 4.78 is 0. The molecule has 0 spiro atoms. The van der Waals surface area contributed by atoms with Gasteiger partial charge in [0.1, 0.15) is 0 Å². The molecule has 4 atom stereocenters. The minimum absolute atomic E-state index is 0.107. The molecular weight excluding hydrogens is 360 g/mol. The monoisotopic (exact) mass is 390 g/mol. The molecule has 5 heteroatoms. The minimum Gasteiger partial charge on any atom is -0.371 e. The Morgan fingerprint density at radius 2 is 1.86 bits per heavy atom. The topological polar surface area (TPSA) is 47.6 Å². The van der Waals surface area contributed by atoms with Crippen molar-refractivity contribution in [2.24, 2.45) is 11.8 Å². The van der Waals surface area contributed by atoms with E-state index in [1.165, 1.54) is 43.6 Å². The average Bonchev–Trinajstić information content (AvgIpc) is 3.17. The quantitative estimate of drug-likeness (QED) is 0.820. The minimum atomic E-state index is -0.107. The maximum Gasteiger partial charge on any atom is 0.319 e. The SMILES string of the molecule is O=C(NC[C@H]1C[C@@H]2CCN1C[C@@H]2CN1CCc2ccccc21)Nc1ccccc1. The van der Waals surface area contributed by atoms with E-state index < -0.39 is 0 Å². The molecule has 2 aromatic rings. The molecule has 5 nitrogen and oxygen atoms in total. The molecule has 1 unspecified atom stereocenters. The molecular formula is C24H30N4O. The molecule has 4 heterocycles. The van der Waals surface area contributed by atoms with Gasteiger partial charge in [0.25, 0.3) is 0 Å². The number of hydrogen-bond donors (Lipinski definition) is 2. The van der Waals surface area contributed by atoms with Crippen LogP contribution in [0, 0.1) is 11.8 Å². The van der Waals surface area contributed by atoms with Crippen LogP contribution in [0.2, 0.25) is 0 Å². The standard InChI is InChI=1S/C24H30N4O/c29-24(26-21-7-2-1-3-8-21)25-15-22-14-19-11-12-27(22)16-20(19)17-28-13-10-18-6-4-5-9-23(18)28/h1-9,19-20,22H,10-17H2,(H2,25,26,29)/t19-,20+,22+/m0/s1. The van der Waals surface area contributed by atoms with Crippen LogP contribution in [-0.2, 0) is 6.42 Å². The van der Waals surface area contributed by atoms with E-state index >= 15 is 0 Å². The number of carbonyl (C=O) groups excluding carboxylic acids is 1. The molecule has 0 saturated carbocycles. The van der Waals surface area contributed by atoms with Crippen molar-refractivity contribution in [3.05, 3.63) is 60.2 Å². The van der Waals surface area contributed by atoms with Crippen LogP contribution in [0.1, 0.15) is 18.4 Å². The highest BCUT2D eigenvalue weighted by atomic mass is 16.2. The summed E-state index contributed by atoms with van der Waals surface area (Å²) in [6.45, 7) is 5.40. The van der Waals surface area contributed by atoms with Gasteiger partial charge in [0, 0.05) is 43.6 Å². The summed E-state index contributed by atoms with van der Waals surface area (Å²) in [5.74, 6) is 1.51. The number of para-hydroxylation sites is 2. The molecule has 2 N–H and O–H groups in total. The van der Waals surface area contributed by atoms with E-state index in [2.05, 4.69) is 44.7 Å². The summed E-state index contributed by atoms with van der Waals surface area (Å²) in [7, 11) is 0. The Balaban J connectivity index is 1.13. The number of urea groups is 1. The summed E-state index contributed by atoms with van der Waals surface area (Å²) in [5, 5.41) is 6.00. The Morgan fingerprint density at radius 1 is 1.03 bits per heavy atom. The number of anilines is 2. The third kappa shape index (κ3) is 3.97. The Kier molecular flexibility index (Phi) is 5.15.